The van der Waals surface area contributed by atoms with Crippen molar-refractivity contribution in [2.24, 2.45) is 5.73 Å². The highest BCUT2D eigenvalue weighted by Crippen LogP contribution is 2.31. The van der Waals surface area contributed by atoms with Gasteiger partial charge in [-0.15, -0.1) is 0 Å². The van der Waals surface area contributed by atoms with Crippen molar-refractivity contribution in [3.8, 4) is 11.4 Å². The summed E-state index contributed by atoms with van der Waals surface area (Å²) in [5, 5.41) is 0.722. The molecule has 3 rings (SSSR count). The highest BCUT2D eigenvalue weighted by atomic mass is 35.5. The van der Waals surface area contributed by atoms with Crippen LogP contribution in [0.4, 0.5) is 0 Å². The average Bonchev–Trinajstić information content (AvgIpc) is 2.83. The first-order valence-corrected chi connectivity index (χ1v) is 7.92. The number of rotatable bonds is 4. The monoisotopic (exact) mass is 313 g/mol. The van der Waals surface area contributed by atoms with Crippen molar-refractivity contribution in [2.75, 3.05) is 6.54 Å². The molecule has 0 bridgehead atoms. The van der Waals surface area contributed by atoms with Crippen LogP contribution in [0.5, 0.6) is 0 Å². The highest BCUT2D eigenvalue weighted by molar-refractivity contribution is 6.33. The van der Waals surface area contributed by atoms with Crippen LogP contribution in [0.25, 0.3) is 22.4 Å². The van der Waals surface area contributed by atoms with Crippen LogP contribution in [0.3, 0.4) is 0 Å². The summed E-state index contributed by atoms with van der Waals surface area (Å²) < 4.78 is 2.23. The number of benzene rings is 2. The van der Waals surface area contributed by atoms with Gasteiger partial charge in [0.05, 0.1) is 16.1 Å². The van der Waals surface area contributed by atoms with Crippen LogP contribution in [-0.4, -0.2) is 16.1 Å². The maximum absolute atomic E-state index is 6.38. The summed E-state index contributed by atoms with van der Waals surface area (Å²) in [4.78, 5) is 4.84. The van der Waals surface area contributed by atoms with Crippen molar-refractivity contribution in [3.63, 3.8) is 0 Å². The number of imidazole rings is 1. The number of aromatic nitrogens is 2. The Morgan fingerprint density at radius 2 is 1.86 bits per heavy atom. The molecule has 3 aromatic rings. The van der Waals surface area contributed by atoms with Crippen LogP contribution < -0.4 is 5.73 Å². The van der Waals surface area contributed by atoms with Gasteiger partial charge < -0.3 is 10.3 Å². The van der Waals surface area contributed by atoms with Gasteiger partial charge in [0.25, 0.3) is 0 Å². The highest BCUT2D eigenvalue weighted by Gasteiger charge is 2.15. The lowest BCUT2D eigenvalue weighted by molar-refractivity contribution is 0.671. The summed E-state index contributed by atoms with van der Waals surface area (Å²) in [5.74, 6) is 0.916. The molecule has 0 saturated carbocycles. The molecule has 22 heavy (non-hydrogen) atoms. The van der Waals surface area contributed by atoms with Crippen LogP contribution >= 0.6 is 11.6 Å². The average molecular weight is 314 g/mol. The Balaban J connectivity index is 2.26. The minimum absolute atomic E-state index is 0.659. The van der Waals surface area contributed by atoms with Crippen LogP contribution in [0, 0.1) is 13.8 Å². The molecule has 0 aliphatic carbocycles. The maximum atomic E-state index is 6.38. The van der Waals surface area contributed by atoms with Crippen molar-refractivity contribution in [1.29, 1.82) is 0 Å². The third kappa shape index (κ3) is 2.62. The molecule has 3 nitrogen and oxygen atoms in total. The second-order valence-corrected chi connectivity index (χ2v) is 6.04. The van der Waals surface area contributed by atoms with Gasteiger partial charge in [0, 0.05) is 12.1 Å². The van der Waals surface area contributed by atoms with Gasteiger partial charge in [-0.1, -0.05) is 23.7 Å². The van der Waals surface area contributed by atoms with E-state index in [1.807, 2.05) is 24.3 Å². The Morgan fingerprint density at radius 3 is 2.59 bits per heavy atom. The van der Waals surface area contributed by atoms with Crippen LogP contribution in [0.15, 0.2) is 36.4 Å². The fourth-order valence-electron chi connectivity index (χ4n) is 2.70. The van der Waals surface area contributed by atoms with Gasteiger partial charge in [0.15, 0.2) is 0 Å². The summed E-state index contributed by atoms with van der Waals surface area (Å²) in [6.07, 6.45) is 0.913. The molecule has 4 heteroatoms. The largest absolute Gasteiger partial charge is 0.330 e. The number of halogens is 1. The number of nitrogens with zero attached hydrogens (tertiary/aromatic N) is 2. The van der Waals surface area contributed by atoms with Gasteiger partial charge in [-0.25, -0.2) is 4.98 Å². The fraction of sp³-hybridized carbons (Fsp3) is 0.278. The molecule has 0 atom stereocenters. The topological polar surface area (TPSA) is 43.8 Å². The van der Waals surface area contributed by atoms with E-state index in [1.165, 1.54) is 11.1 Å². The summed E-state index contributed by atoms with van der Waals surface area (Å²) in [6.45, 7) is 5.75. The standard InChI is InChI=1S/C18H20ClN3/c1-12-10-16-17(11-13(12)2)22(9-5-8-20)18(21-16)14-6-3-4-7-15(14)19/h3-4,6-7,10-11H,5,8-9,20H2,1-2H3. The van der Waals surface area contributed by atoms with Crippen LogP contribution in [0.2, 0.25) is 5.02 Å². The number of hydrogen-bond donors (Lipinski definition) is 1. The van der Waals surface area contributed by atoms with E-state index < -0.39 is 0 Å². The van der Waals surface area contributed by atoms with Gasteiger partial charge in [-0.05, 0) is 62.2 Å². The normalized spacial score (nSPS) is 11.3. The van der Waals surface area contributed by atoms with Crippen molar-refractivity contribution in [3.05, 3.63) is 52.5 Å². The predicted octanol–water partition coefficient (Wildman–Crippen LogP) is 4.32. The van der Waals surface area contributed by atoms with Gasteiger partial charge in [0.1, 0.15) is 5.82 Å². The lowest BCUT2D eigenvalue weighted by Gasteiger charge is -2.10. The molecule has 0 spiro atoms. The number of aryl methyl sites for hydroxylation is 3. The first kappa shape index (κ1) is 15.1. The van der Waals surface area contributed by atoms with Gasteiger partial charge in [0.2, 0.25) is 0 Å². The predicted molar refractivity (Wildman–Crippen MR) is 93.3 cm³/mol. The third-order valence-electron chi connectivity index (χ3n) is 4.06. The molecule has 0 radical (unpaired) electrons. The van der Waals surface area contributed by atoms with Crippen molar-refractivity contribution in [2.45, 2.75) is 26.8 Å². The molecule has 1 aromatic heterocycles. The minimum atomic E-state index is 0.659. The van der Waals surface area contributed by atoms with Gasteiger partial charge in [-0.2, -0.15) is 0 Å². The molecule has 1 heterocycles. The molecular weight excluding hydrogens is 294 g/mol. The maximum Gasteiger partial charge on any atom is 0.142 e. The Morgan fingerprint density at radius 1 is 1.14 bits per heavy atom. The summed E-state index contributed by atoms with van der Waals surface area (Å²) in [5.41, 5.74) is 11.3. The molecule has 0 saturated heterocycles. The van der Waals surface area contributed by atoms with E-state index in [4.69, 9.17) is 22.3 Å². The lowest BCUT2D eigenvalue weighted by atomic mass is 10.1. The van der Waals surface area contributed by atoms with E-state index in [0.29, 0.717) is 6.54 Å². The third-order valence-corrected chi connectivity index (χ3v) is 4.39. The second kappa shape index (κ2) is 6.11. The van der Waals surface area contributed by atoms with E-state index >= 15 is 0 Å². The lowest BCUT2D eigenvalue weighted by Crippen LogP contribution is -2.07. The van der Waals surface area contributed by atoms with E-state index in [1.54, 1.807) is 0 Å². The summed E-state index contributed by atoms with van der Waals surface area (Å²) in [7, 11) is 0. The zero-order chi connectivity index (χ0) is 15.7. The fourth-order valence-corrected chi connectivity index (χ4v) is 2.92. The molecule has 0 unspecified atom stereocenters. The van der Waals surface area contributed by atoms with E-state index in [2.05, 4.69) is 30.5 Å². The van der Waals surface area contributed by atoms with E-state index in [-0.39, 0.29) is 0 Å². The molecular formula is C18H20ClN3. The number of nitrogens with two attached hydrogens (primary N) is 1. The van der Waals surface area contributed by atoms with Gasteiger partial charge in [-0.3, -0.25) is 0 Å². The number of hydrogen-bond acceptors (Lipinski definition) is 2. The number of fused-ring (bicyclic) bond motifs is 1. The molecule has 2 aromatic carbocycles. The molecule has 0 fully saturated rings. The van der Waals surface area contributed by atoms with Crippen molar-refractivity contribution >= 4 is 22.6 Å². The van der Waals surface area contributed by atoms with E-state index in [9.17, 15) is 0 Å². The van der Waals surface area contributed by atoms with Gasteiger partial charge >= 0.3 is 0 Å². The van der Waals surface area contributed by atoms with Crippen molar-refractivity contribution in [1.82, 2.24) is 9.55 Å². The minimum Gasteiger partial charge on any atom is -0.330 e. The Hall–Kier alpha value is -1.84. The first-order valence-electron chi connectivity index (χ1n) is 7.54. The Labute approximate surface area is 135 Å². The molecule has 2 N–H and O–H groups in total. The second-order valence-electron chi connectivity index (χ2n) is 5.63. The Bertz CT molecular complexity index is 821. The SMILES string of the molecule is Cc1cc2nc(-c3ccccc3Cl)n(CCCN)c2cc1C. The van der Waals surface area contributed by atoms with Crippen molar-refractivity contribution < 1.29 is 0 Å². The Kier molecular flexibility index (Phi) is 4.19. The quantitative estimate of drug-likeness (QED) is 0.779. The van der Waals surface area contributed by atoms with Crippen LogP contribution in [-0.2, 0) is 6.54 Å². The zero-order valence-corrected chi connectivity index (χ0v) is 13.7. The smallest absolute Gasteiger partial charge is 0.142 e. The first-order chi connectivity index (χ1) is 10.6. The molecule has 0 aliphatic heterocycles. The molecule has 0 aliphatic rings. The summed E-state index contributed by atoms with van der Waals surface area (Å²) >= 11 is 6.38. The molecule has 114 valence electrons. The van der Waals surface area contributed by atoms with E-state index in [0.717, 1.165) is 40.4 Å². The van der Waals surface area contributed by atoms with Crippen LogP contribution in [0.1, 0.15) is 17.5 Å². The summed E-state index contributed by atoms with van der Waals surface area (Å²) in [6, 6.07) is 12.2. The zero-order valence-electron chi connectivity index (χ0n) is 12.9. The molecule has 0 amide bonds.